The van der Waals surface area contributed by atoms with Crippen LogP contribution in [-0.2, 0) is 4.74 Å². The average Bonchev–Trinajstić information content (AvgIpc) is 3.18. The first-order valence-electron chi connectivity index (χ1n) is 10.3. The molecule has 6 nitrogen and oxygen atoms in total. The van der Waals surface area contributed by atoms with E-state index < -0.39 is 11.9 Å². The molecule has 0 saturated carbocycles. The van der Waals surface area contributed by atoms with Crippen LogP contribution in [0.25, 0.3) is 16.6 Å². The summed E-state index contributed by atoms with van der Waals surface area (Å²) < 4.78 is 6.60. The molecule has 0 aliphatic heterocycles. The fourth-order valence-electron chi connectivity index (χ4n) is 3.78. The number of rotatable bonds is 6. The van der Waals surface area contributed by atoms with Gasteiger partial charge < -0.3 is 14.2 Å². The number of ether oxygens (including phenoxy) is 1. The second-order valence-electron chi connectivity index (χ2n) is 7.48. The van der Waals surface area contributed by atoms with Crippen molar-refractivity contribution in [1.29, 1.82) is 0 Å². The van der Waals surface area contributed by atoms with E-state index in [4.69, 9.17) is 16.3 Å². The van der Waals surface area contributed by atoms with Crippen LogP contribution in [0.3, 0.4) is 0 Å². The van der Waals surface area contributed by atoms with Crippen molar-refractivity contribution in [2.24, 2.45) is 0 Å². The van der Waals surface area contributed by atoms with Crippen LogP contribution in [0.5, 0.6) is 0 Å². The Morgan fingerprint density at radius 1 is 1.00 bits per heavy atom. The molecule has 2 aromatic carbocycles. The largest absolute Gasteiger partial charge is 0.478 e. The third kappa shape index (κ3) is 4.13. The van der Waals surface area contributed by atoms with Gasteiger partial charge in [0.1, 0.15) is 0 Å². The van der Waals surface area contributed by atoms with E-state index in [1.807, 2.05) is 0 Å². The summed E-state index contributed by atoms with van der Waals surface area (Å²) in [5.41, 5.74) is 3.97. The third-order valence-electron chi connectivity index (χ3n) is 5.40. The molecule has 0 spiro atoms. The second kappa shape index (κ2) is 8.92. The Balaban J connectivity index is 1.89. The topological polar surface area (TPSA) is 85.1 Å². The molecule has 166 valence electrons. The number of carboxylic acid groups (broad SMARTS) is 1. The van der Waals surface area contributed by atoms with Gasteiger partial charge in [-0.3, -0.25) is 4.79 Å². The molecular formula is C26H20ClNO5. The van der Waals surface area contributed by atoms with Gasteiger partial charge in [0.25, 0.3) is 0 Å². The summed E-state index contributed by atoms with van der Waals surface area (Å²) >= 11 is 6.34. The van der Waals surface area contributed by atoms with E-state index in [-0.39, 0.29) is 23.6 Å². The van der Waals surface area contributed by atoms with Gasteiger partial charge in [-0.1, -0.05) is 35.9 Å². The standard InChI is InChI=1S/C26H20ClNO5/c1-3-33-26(32)17-9-7-16(8-10-17)19-13-22(24(29)23-15(2)5-4-6-20(23)27)28-14-18(25(30)31)11-12-21(19)28/h4-14H,3H2,1-2H3,(H,30,31). The van der Waals surface area contributed by atoms with E-state index in [1.165, 1.54) is 12.3 Å². The van der Waals surface area contributed by atoms with Crippen molar-refractivity contribution in [3.63, 3.8) is 0 Å². The van der Waals surface area contributed by atoms with Gasteiger partial charge in [0.15, 0.2) is 0 Å². The normalized spacial score (nSPS) is 10.9. The number of hydrogen-bond donors (Lipinski definition) is 1. The van der Waals surface area contributed by atoms with Crippen molar-refractivity contribution >= 4 is 34.8 Å². The zero-order valence-corrected chi connectivity index (χ0v) is 18.7. The minimum atomic E-state index is -1.10. The number of pyridine rings is 1. The number of nitrogens with zero attached hydrogens (tertiary/aromatic N) is 1. The van der Waals surface area contributed by atoms with Crippen LogP contribution < -0.4 is 0 Å². The van der Waals surface area contributed by atoms with E-state index >= 15 is 0 Å². The van der Waals surface area contributed by atoms with Crippen LogP contribution in [0.4, 0.5) is 0 Å². The Bertz CT molecular complexity index is 1380. The molecule has 0 saturated heterocycles. The lowest BCUT2D eigenvalue weighted by Gasteiger charge is -2.08. The number of aromatic nitrogens is 1. The number of carbonyl (C=O) groups excluding carboxylic acids is 2. The first kappa shape index (κ1) is 22.3. The number of carboxylic acids is 1. The smallest absolute Gasteiger partial charge is 0.338 e. The molecule has 4 aromatic rings. The summed E-state index contributed by atoms with van der Waals surface area (Å²) in [6.45, 7) is 3.82. The second-order valence-corrected chi connectivity index (χ2v) is 7.89. The summed E-state index contributed by atoms with van der Waals surface area (Å²) in [5, 5.41) is 9.79. The molecule has 0 aliphatic carbocycles. The molecule has 0 amide bonds. The highest BCUT2D eigenvalue weighted by Gasteiger charge is 2.22. The summed E-state index contributed by atoms with van der Waals surface area (Å²) in [5.74, 6) is -1.83. The number of aryl methyl sites for hydroxylation is 1. The Labute approximate surface area is 195 Å². The molecule has 4 rings (SSSR count). The van der Waals surface area contributed by atoms with Gasteiger partial charge in [0.2, 0.25) is 5.78 Å². The molecular weight excluding hydrogens is 442 g/mol. The van der Waals surface area contributed by atoms with E-state index in [1.54, 1.807) is 72.8 Å². The van der Waals surface area contributed by atoms with Crippen molar-refractivity contribution in [2.75, 3.05) is 6.61 Å². The number of halogens is 1. The lowest BCUT2D eigenvalue weighted by Crippen LogP contribution is -2.09. The Morgan fingerprint density at radius 3 is 2.33 bits per heavy atom. The van der Waals surface area contributed by atoms with Crippen LogP contribution in [0.1, 0.15) is 49.3 Å². The molecule has 1 N–H and O–H groups in total. The van der Waals surface area contributed by atoms with Crippen LogP contribution in [0.15, 0.2) is 66.9 Å². The van der Waals surface area contributed by atoms with Crippen molar-refractivity contribution in [2.45, 2.75) is 13.8 Å². The predicted octanol–water partition coefficient (Wildman–Crippen LogP) is 5.67. The van der Waals surface area contributed by atoms with E-state index in [2.05, 4.69) is 0 Å². The summed E-state index contributed by atoms with van der Waals surface area (Å²) in [6.07, 6.45) is 1.42. The summed E-state index contributed by atoms with van der Waals surface area (Å²) in [6, 6.07) is 16.9. The molecule has 0 unspecified atom stereocenters. The summed E-state index contributed by atoms with van der Waals surface area (Å²) in [4.78, 5) is 37.1. The van der Waals surface area contributed by atoms with Gasteiger partial charge in [-0.15, -0.1) is 0 Å². The van der Waals surface area contributed by atoms with E-state index in [9.17, 15) is 19.5 Å². The lowest BCUT2D eigenvalue weighted by atomic mass is 10.0. The molecule has 0 fully saturated rings. The maximum absolute atomic E-state index is 13.5. The monoisotopic (exact) mass is 461 g/mol. The van der Waals surface area contributed by atoms with Crippen LogP contribution in [0, 0.1) is 6.92 Å². The maximum atomic E-state index is 13.5. The minimum Gasteiger partial charge on any atom is -0.478 e. The zero-order valence-electron chi connectivity index (χ0n) is 18.0. The van der Waals surface area contributed by atoms with E-state index in [0.29, 0.717) is 21.7 Å². The highest BCUT2D eigenvalue weighted by molar-refractivity contribution is 6.35. The molecule has 2 heterocycles. The third-order valence-corrected chi connectivity index (χ3v) is 5.72. The molecule has 0 aliphatic rings. The van der Waals surface area contributed by atoms with Crippen LogP contribution >= 0.6 is 11.6 Å². The maximum Gasteiger partial charge on any atom is 0.338 e. The molecule has 2 aromatic heterocycles. The first-order chi connectivity index (χ1) is 15.8. The lowest BCUT2D eigenvalue weighted by molar-refractivity contribution is 0.0525. The summed E-state index contributed by atoms with van der Waals surface area (Å²) in [7, 11) is 0. The van der Waals surface area contributed by atoms with Crippen molar-refractivity contribution in [1.82, 2.24) is 4.40 Å². The fraction of sp³-hybridized carbons (Fsp3) is 0.115. The quantitative estimate of drug-likeness (QED) is 0.295. The van der Waals surface area contributed by atoms with Gasteiger partial charge in [0, 0.05) is 17.3 Å². The number of aromatic carboxylic acids is 1. The number of esters is 1. The van der Waals surface area contributed by atoms with Crippen molar-refractivity contribution in [3.05, 3.63) is 99.8 Å². The van der Waals surface area contributed by atoms with Gasteiger partial charge in [-0.05, 0) is 61.4 Å². The fourth-order valence-corrected chi connectivity index (χ4v) is 4.09. The molecule has 33 heavy (non-hydrogen) atoms. The van der Waals surface area contributed by atoms with Gasteiger partial charge in [0.05, 0.1) is 34.0 Å². The number of benzene rings is 2. The molecule has 0 bridgehead atoms. The highest BCUT2D eigenvalue weighted by Crippen LogP contribution is 2.32. The van der Waals surface area contributed by atoms with Gasteiger partial charge in [-0.2, -0.15) is 0 Å². The van der Waals surface area contributed by atoms with Crippen molar-refractivity contribution in [3.8, 4) is 11.1 Å². The number of fused-ring (bicyclic) bond motifs is 1. The SMILES string of the molecule is CCOC(=O)c1ccc(-c2cc(C(=O)c3c(C)cccc3Cl)n3cc(C(=O)O)ccc23)cc1. The highest BCUT2D eigenvalue weighted by atomic mass is 35.5. The first-order valence-corrected chi connectivity index (χ1v) is 10.7. The Morgan fingerprint density at radius 2 is 1.70 bits per heavy atom. The van der Waals surface area contributed by atoms with Crippen molar-refractivity contribution < 1.29 is 24.2 Å². The van der Waals surface area contributed by atoms with Crippen LogP contribution in [-0.4, -0.2) is 33.8 Å². The van der Waals surface area contributed by atoms with Gasteiger partial charge in [-0.25, -0.2) is 9.59 Å². The van der Waals surface area contributed by atoms with E-state index in [0.717, 1.165) is 16.7 Å². The molecule has 0 radical (unpaired) electrons. The average molecular weight is 462 g/mol. The van der Waals surface area contributed by atoms with Gasteiger partial charge >= 0.3 is 11.9 Å². The molecule has 7 heteroatoms. The zero-order chi connectivity index (χ0) is 23.7. The predicted molar refractivity (Wildman–Crippen MR) is 125 cm³/mol. The van der Waals surface area contributed by atoms with Crippen LogP contribution in [0.2, 0.25) is 5.02 Å². The number of hydrogen-bond acceptors (Lipinski definition) is 4. The number of ketones is 1. The minimum absolute atomic E-state index is 0.0484. The number of carbonyl (C=O) groups is 3. The Hall–Kier alpha value is -3.90. The Kier molecular flexibility index (Phi) is 6.03. The molecule has 0 atom stereocenters.